The Kier molecular flexibility index (Phi) is 14.8. The van der Waals surface area contributed by atoms with Crippen molar-refractivity contribution in [3.05, 3.63) is 23.3 Å². The molecule has 2 nitrogen and oxygen atoms in total. The van der Waals surface area contributed by atoms with Gasteiger partial charge in [0, 0.05) is 5.56 Å². The molecular formula is C30H54O2. The van der Waals surface area contributed by atoms with Gasteiger partial charge in [-0.1, -0.05) is 112 Å². The molecule has 4 atom stereocenters. The van der Waals surface area contributed by atoms with Crippen LogP contribution in [-0.4, -0.2) is 10.2 Å². The molecule has 1 aromatic carbocycles. The highest BCUT2D eigenvalue weighted by Gasteiger charge is 2.30. The number of benzene rings is 1. The van der Waals surface area contributed by atoms with E-state index in [1.165, 1.54) is 77.0 Å². The number of aromatic hydroxyl groups is 2. The first-order valence-corrected chi connectivity index (χ1v) is 13.9. The largest absolute Gasteiger partial charge is 0.508 e. The quantitative estimate of drug-likeness (QED) is 0.220. The van der Waals surface area contributed by atoms with E-state index in [4.69, 9.17) is 0 Å². The second-order valence-electron chi connectivity index (χ2n) is 10.2. The minimum absolute atomic E-state index is 0.209. The summed E-state index contributed by atoms with van der Waals surface area (Å²) in [6.07, 6.45) is 18.2. The van der Waals surface area contributed by atoms with Gasteiger partial charge in [0.2, 0.25) is 0 Å². The minimum atomic E-state index is 0.209. The average molecular weight is 447 g/mol. The number of rotatable bonds is 18. The summed E-state index contributed by atoms with van der Waals surface area (Å²) in [5.74, 6) is 4.06. The van der Waals surface area contributed by atoms with Crippen LogP contribution in [0.3, 0.4) is 0 Å². The molecule has 2 N–H and O–H groups in total. The van der Waals surface area contributed by atoms with E-state index < -0.39 is 0 Å². The lowest BCUT2D eigenvalue weighted by Gasteiger charge is -2.37. The Balaban J connectivity index is 2.34. The lowest BCUT2D eigenvalue weighted by atomic mass is 9.68. The fourth-order valence-electron chi connectivity index (χ4n) is 6.11. The zero-order valence-corrected chi connectivity index (χ0v) is 22.3. The minimum Gasteiger partial charge on any atom is -0.508 e. The van der Waals surface area contributed by atoms with E-state index in [-0.39, 0.29) is 11.5 Å². The third-order valence-corrected chi connectivity index (χ3v) is 8.11. The van der Waals surface area contributed by atoms with Crippen molar-refractivity contribution in [2.45, 2.75) is 131 Å². The van der Waals surface area contributed by atoms with Gasteiger partial charge >= 0.3 is 0 Å². The third-order valence-electron chi connectivity index (χ3n) is 8.11. The van der Waals surface area contributed by atoms with Crippen LogP contribution in [0.25, 0.3) is 0 Å². The van der Waals surface area contributed by atoms with Crippen LogP contribution in [0.1, 0.15) is 129 Å². The summed E-state index contributed by atoms with van der Waals surface area (Å²) in [6.45, 7) is 13.8. The Morgan fingerprint density at radius 3 is 1.56 bits per heavy atom. The van der Waals surface area contributed by atoms with E-state index in [1.807, 2.05) is 0 Å². The molecule has 0 saturated heterocycles. The van der Waals surface area contributed by atoms with Gasteiger partial charge in [-0.25, -0.2) is 0 Å². The van der Waals surface area contributed by atoms with Gasteiger partial charge in [-0.15, -0.1) is 0 Å². The smallest absolute Gasteiger partial charge is 0.122 e. The lowest BCUT2D eigenvalue weighted by molar-refractivity contribution is 0.127. The summed E-state index contributed by atoms with van der Waals surface area (Å²) in [5, 5.41) is 19.7. The zero-order chi connectivity index (χ0) is 23.9. The molecule has 0 radical (unpaired) electrons. The van der Waals surface area contributed by atoms with Crippen LogP contribution < -0.4 is 0 Å². The van der Waals surface area contributed by atoms with E-state index in [9.17, 15) is 10.2 Å². The summed E-state index contributed by atoms with van der Waals surface area (Å²) in [4.78, 5) is 0. The maximum atomic E-state index is 9.86. The fraction of sp³-hybridized carbons (Fsp3) is 0.800. The molecule has 0 aromatic heterocycles. The van der Waals surface area contributed by atoms with Crippen molar-refractivity contribution in [1.82, 2.24) is 0 Å². The molecule has 0 aliphatic rings. The van der Waals surface area contributed by atoms with E-state index in [0.29, 0.717) is 5.56 Å². The van der Waals surface area contributed by atoms with Crippen LogP contribution in [-0.2, 0) is 6.42 Å². The molecule has 0 saturated carbocycles. The molecule has 0 amide bonds. The predicted molar refractivity (Wildman–Crippen MR) is 141 cm³/mol. The SMILES string of the molecule is CCCC(CC)C(CC)C(CC)C(CC)CCCCCCCCc1cc(O)c(C)c(O)c1. The molecule has 32 heavy (non-hydrogen) atoms. The predicted octanol–water partition coefficient (Wildman–Crippen LogP) is 9.58. The summed E-state index contributed by atoms with van der Waals surface area (Å²) < 4.78 is 0. The van der Waals surface area contributed by atoms with Crippen LogP contribution in [0.15, 0.2) is 12.1 Å². The third kappa shape index (κ3) is 9.36. The number of phenols is 2. The van der Waals surface area contributed by atoms with Gasteiger partial charge in [-0.3, -0.25) is 0 Å². The molecule has 1 aromatic rings. The number of aryl methyl sites for hydroxylation is 1. The monoisotopic (exact) mass is 446 g/mol. The molecule has 4 unspecified atom stereocenters. The Morgan fingerprint density at radius 2 is 1.09 bits per heavy atom. The number of hydrogen-bond acceptors (Lipinski definition) is 2. The molecule has 0 spiro atoms. The first kappa shape index (κ1) is 28.9. The molecule has 2 heteroatoms. The summed E-state index contributed by atoms with van der Waals surface area (Å²) in [7, 11) is 0. The molecule has 0 fully saturated rings. The van der Waals surface area contributed by atoms with Gasteiger partial charge in [0.15, 0.2) is 0 Å². The number of phenolic OH excluding ortho intramolecular Hbond substituents is 2. The summed E-state index contributed by atoms with van der Waals surface area (Å²) >= 11 is 0. The number of hydrogen-bond donors (Lipinski definition) is 2. The highest BCUT2D eigenvalue weighted by Crippen LogP contribution is 2.39. The van der Waals surface area contributed by atoms with E-state index in [1.54, 1.807) is 19.1 Å². The Labute approximate surface area is 200 Å². The van der Waals surface area contributed by atoms with Gasteiger partial charge in [0.1, 0.15) is 11.5 Å². The van der Waals surface area contributed by atoms with Crippen LogP contribution in [0.5, 0.6) is 11.5 Å². The summed E-state index contributed by atoms with van der Waals surface area (Å²) in [6, 6.07) is 3.61. The molecule has 0 aliphatic heterocycles. The van der Waals surface area contributed by atoms with Crippen molar-refractivity contribution in [3.8, 4) is 11.5 Å². The highest BCUT2D eigenvalue weighted by atomic mass is 16.3. The van der Waals surface area contributed by atoms with Gasteiger partial charge in [0.05, 0.1) is 0 Å². The zero-order valence-electron chi connectivity index (χ0n) is 22.3. The van der Waals surface area contributed by atoms with Crippen LogP contribution in [0.2, 0.25) is 0 Å². The molecule has 0 aliphatic carbocycles. The number of unbranched alkanes of at least 4 members (excludes halogenated alkanes) is 5. The van der Waals surface area contributed by atoms with Crippen molar-refractivity contribution in [2.24, 2.45) is 23.7 Å². The summed E-state index contributed by atoms with van der Waals surface area (Å²) in [5.41, 5.74) is 1.62. The highest BCUT2D eigenvalue weighted by molar-refractivity contribution is 5.45. The maximum Gasteiger partial charge on any atom is 0.122 e. The molecular weight excluding hydrogens is 392 g/mol. The van der Waals surface area contributed by atoms with Crippen molar-refractivity contribution in [3.63, 3.8) is 0 Å². The molecule has 1 rings (SSSR count). The van der Waals surface area contributed by atoms with E-state index in [2.05, 4.69) is 34.6 Å². The van der Waals surface area contributed by atoms with E-state index >= 15 is 0 Å². The lowest BCUT2D eigenvalue weighted by Crippen LogP contribution is -2.28. The van der Waals surface area contributed by atoms with E-state index in [0.717, 1.165) is 42.1 Å². The Morgan fingerprint density at radius 1 is 0.625 bits per heavy atom. The van der Waals surface area contributed by atoms with Gasteiger partial charge in [-0.2, -0.15) is 0 Å². The van der Waals surface area contributed by atoms with Crippen LogP contribution in [0, 0.1) is 30.6 Å². The second-order valence-corrected chi connectivity index (χ2v) is 10.2. The average Bonchev–Trinajstić information content (AvgIpc) is 2.79. The van der Waals surface area contributed by atoms with Crippen molar-refractivity contribution in [2.75, 3.05) is 0 Å². The Hall–Kier alpha value is -1.18. The van der Waals surface area contributed by atoms with Crippen molar-refractivity contribution in [1.29, 1.82) is 0 Å². The maximum absolute atomic E-state index is 9.86. The second kappa shape index (κ2) is 16.4. The molecule has 0 bridgehead atoms. The first-order chi connectivity index (χ1) is 15.4. The van der Waals surface area contributed by atoms with Crippen molar-refractivity contribution < 1.29 is 10.2 Å². The van der Waals surface area contributed by atoms with Crippen LogP contribution >= 0.6 is 0 Å². The van der Waals surface area contributed by atoms with Gasteiger partial charge in [0.25, 0.3) is 0 Å². The van der Waals surface area contributed by atoms with Gasteiger partial charge < -0.3 is 10.2 Å². The first-order valence-electron chi connectivity index (χ1n) is 13.9. The molecule has 0 heterocycles. The van der Waals surface area contributed by atoms with Crippen LogP contribution in [0.4, 0.5) is 0 Å². The van der Waals surface area contributed by atoms with Gasteiger partial charge in [-0.05, 0) is 61.1 Å². The Bertz CT molecular complexity index is 586. The molecule has 186 valence electrons. The topological polar surface area (TPSA) is 40.5 Å². The fourth-order valence-corrected chi connectivity index (χ4v) is 6.11. The normalized spacial score (nSPS) is 15.4. The standard InChI is InChI=1S/C30H54O2/c1-7-18-25(8-2)27(10-4)28(11-5)26(9-3)20-17-15-13-12-14-16-19-24-21-29(31)23(6)30(32)22-24/h21-22,25-28,31-32H,7-20H2,1-6H3. The van der Waals surface area contributed by atoms with Crippen molar-refractivity contribution >= 4 is 0 Å².